The molecule has 7 heteroatoms. The van der Waals surface area contributed by atoms with Crippen molar-refractivity contribution in [3.05, 3.63) is 60.4 Å². The third-order valence-electron chi connectivity index (χ3n) is 7.59. The number of benzene rings is 1. The quantitative estimate of drug-likeness (QED) is 0.445. The van der Waals surface area contributed by atoms with Gasteiger partial charge < -0.3 is 9.64 Å². The van der Waals surface area contributed by atoms with Crippen LogP contribution >= 0.6 is 0 Å². The molecular formula is C27H31N3O4. The first-order valence-corrected chi connectivity index (χ1v) is 12.3. The van der Waals surface area contributed by atoms with Crippen molar-refractivity contribution >= 4 is 17.7 Å². The fourth-order valence-corrected chi connectivity index (χ4v) is 5.90. The maximum atomic E-state index is 13.8. The van der Waals surface area contributed by atoms with E-state index in [-0.39, 0.29) is 43.1 Å². The lowest BCUT2D eigenvalue weighted by atomic mass is 9.75. The summed E-state index contributed by atoms with van der Waals surface area (Å²) >= 11 is 0. The number of carbonyl (C=O) groups excluding carboxylic acids is 3. The number of nitrogens with zero attached hydrogens (tertiary/aromatic N) is 3. The van der Waals surface area contributed by atoms with Crippen LogP contribution in [0.15, 0.2) is 54.9 Å². The zero-order valence-electron chi connectivity index (χ0n) is 19.4. The van der Waals surface area contributed by atoms with Crippen LogP contribution in [-0.4, -0.2) is 58.2 Å². The number of carbonyl (C=O) groups is 3. The molecule has 3 heterocycles. The van der Waals surface area contributed by atoms with E-state index in [9.17, 15) is 14.4 Å². The van der Waals surface area contributed by atoms with Gasteiger partial charge in [0.05, 0.1) is 18.2 Å². The number of ether oxygens (including phenoxy) is 1. The molecule has 5 rings (SSSR count). The van der Waals surface area contributed by atoms with E-state index in [1.165, 1.54) is 11.3 Å². The molecule has 3 amide bonds. The molecule has 2 saturated heterocycles. The van der Waals surface area contributed by atoms with Crippen molar-refractivity contribution in [2.45, 2.75) is 56.4 Å². The van der Waals surface area contributed by atoms with Crippen LogP contribution in [0.4, 0.5) is 0 Å². The fraction of sp³-hybridized carbons (Fsp3) is 0.481. The first-order chi connectivity index (χ1) is 16.6. The highest BCUT2D eigenvalue weighted by atomic mass is 16.5. The van der Waals surface area contributed by atoms with Gasteiger partial charge in [0, 0.05) is 38.2 Å². The van der Waals surface area contributed by atoms with Gasteiger partial charge in [-0.2, -0.15) is 0 Å². The molecule has 2 bridgehead atoms. The summed E-state index contributed by atoms with van der Waals surface area (Å²) in [5.41, 5.74) is -0.381. The normalized spacial score (nSPS) is 26.2. The van der Waals surface area contributed by atoms with E-state index >= 15 is 0 Å². The van der Waals surface area contributed by atoms with Gasteiger partial charge in [-0.1, -0.05) is 36.8 Å². The average molecular weight is 462 g/mol. The van der Waals surface area contributed by atoms with Crippen molar-refractivity contribution in [1.29, 1.82) is 0 Å². The monoisotopic (exact) mass is 461 g/mol. The van der Waals surface area contributed by atoms with Crippen molar-refractivity contribution in [2.24, 2.45) is 5.92 Å². The van der Waals surface area contributed by atoms with E-state index in [0.29, 0.717) is 24.7 Å². The van der Waals surface area contributed by atoms with Gasteiger partial charge in [0.2, 0.25) is 17.7 Å². The van der Waals surface area contributed by atoms with Gasteiger partial charge >= 0.3 is 0 Å². The van der Waals surface area contributed by atoms with Crippen molar-refractivity contribution < 1.29 is 19.1 Å². The summed E-state index contributed by atoms with van der Waals surface area (Å²) in [4.78, 5) is 47.7. The van der Waals surface area contributed by atoms with Crippen molar-refractivity contribution in [3.8, 4) is 5.75 Å². The summed E-state index contributed by atoms with van der Waals surface area (Å²) in [5.74, 6) is 0.749. The number of amides is 3. The second-order valence-electron chi connectivity index (χ2n) is 9.78. The van der Waals surface area contributed by atoms with Crippen LogP contribution < -0.4 is 4.74 Å². The number of fused-ring (bicyclic) bond motifs is 2. The lowest BCUT2D eigenvalue weighted by Gasteiger charge is -2.31. The molecule has 0 radical (unpaired) electrons. The number of hydrogen-bond donors (Lipinski definition) is 0. The van der Waals surface area contributed by atoms with Gasteiger partial charge in [-0.25, -0.2) is 0 Å². The standard InChI is InChI=1S/C27H31N3O4/c31-24-16-27(21-8-2-1-3-9-21,17-25(32)30-19-20-7-4-10-22(30)15-20)26(33)29(24)13-6-14-34-23-11-5-12-28-18-23/h1-3,5,8-9,11-12,18,20,22H,4,6-7,10,13-17,19H2/t20-,22+,27-/m0/s1. The molecule has 1 aromatic carbocycles. The molecule has 1 aromatic heterocycles. The zero-order valence-corrected chi connectivity index (χ0v) is 19.4. The molecule has 3 fully saturated rings. The van der Waals surface area contributed by atoms with Gasteiger partial charge in [0.1, 0.15) is 5.75 Å². The summed E-state index contributed by atoms with van der Waals surface area (Å²) in [6, 6.07) is 13.3. The lowest BCUT2D eigenvalue weighted by Crippen LogP contribution is -2.44. The maximum Gasteiger partial charge on any atom is 0.240 e. The van der Waals surface area contributed by atoms with Crippen LogP contribution in [0.1, 0.15) is 50.5 Å². The van der Waals surface area contributed by atoms with Gasteiger partial charge in [0.15, 0.2) is 0 Å². The second kappa shape index (κ2) is 9.57. The minimum Gasteiger partial charge on any atom is -0.492 e. The number of pyridine rings is 1. The Balaban J connectivity index is 1.31. The molecule has 7 nitrogen and oxygen atoms in total. The molecule has 0 unspecified atom stereocenters. The van der Waals surface area contributed by atoms with Crippen LogP contribution in [0.5, 0.6) is 5.75 Å². The average Bonchev–Trinajstić information content (AvgIpc) is 3.29. The fourth-order valence-electron chi connectivity index (χ4n) is 5.90. The highest BCUT2D eigenvalue weighted by molar-refractivity contribution is 6.10. The minimum absolute atomic E-state index is 0.00108. The molecular weight excluding hydrogens is 430 g/mol. The minimum atomic E-state index is -1.13. The van der Waals surface area contributed by atoms with Crippen LogP contribution in [-0.2, 0) is 19.8 Å². The van der Waals surface area contributed by atoms with Gasteiger partial charge in [-0.05, 0) is 49.3 Å². The summed E-state index contributed by atoms with van der Waals surface area (Å²) in [7, 11) is 0. The number of rotatable bonds is 8. The van der Waals surface area contributed by atoms with Crippen LogP contribution in [0.2, 0.25) is 0 Å². The van der Waals surface area contributed by atoms with E-state index in [1.54, 1.807) is 18.5 Å². The van der Waals surface area contributed by atoms with E-state index in [0.717, 1.165) is 31.4 Å². The molecule has 2 aromatic rings. The summed E-state index contributed by atoms with van der Waals surface area (Å²) in [6.45, 7) is 1.43. The number of hydrogen-bond acceptors (Lipinski definition) is 5. The smallest absolute Gasteiger partial charge is 0.240 e. The largest absolute Gasteiger partial charge is 0.492 e. The zero-order chi connectivity index (χ0) is 23.5. The van der Waals surface area contributed by atoms with Gasteiger partial charge in [0.25, 0.3) is 0 Å². The molecule has 1 saturated carbocycles. The Hall–Kier alpha value is -3.22. The predicted octanol–water partition coefficient (Wildman–Crippen LogP) is 3.34. The molecule has 2 aliphatic heterocycles. The summed E-state index contributed by atoms with van der Waals surface area (Å²) in [6.07, 6.45) is 8.35. The van der Waals surface area contributed by atoms with Crippen molar-refractivity contribution in [2.75, 3.05) is 19.7 Å². The lowest BCUT2D eigenvalue weighted by molar-refractivity contribution is -0.143. The van der Waals surface area contributed by atoms with Crippen LogP contribution in [0.25, 0.3) is 0 Å². The molecule has 3 aliphatic rings. The van der Waals surface area contributed by atoms with Gasteiger partial charge in [-0.15, -0.1) is 0 Å². The SMILES string of the molecule is O=C1C[C@](CC(=O)N2C[C@H]3CCC[C@@H]2C3)(c2ccccc2)C(=O)N1CCCOc1cccnc1. The van der Waals surface area contributed by atoms with Crippen molar-refractivity contribution in [3.63, 3.8) is 0 Å². The van der Waals surface area contributed by atoms with Crippen LogP contribution in [0.3, 0.4) is 0 Å². The highest BCUT2D eigenvalue weighted by Crippen LogP contribution is 2.42. The first kappa shape index (κ1) is 22.6. The maximum absolute atomic E-state index is 13.8. The molecule has 178 valence electrons. The predicted molar refractivity (Wildman–Crippen MR) is 126 cm³/mol. The Labute approximate surface area is 200 Å². The number of aromatic nitrogens is 1. The first-order valence-electron chi connectivity index (χ1n) is 12.3. The second-order valence-corrected chi connectivity index (χ2v) is 9.78. The third kappa shape index (κ3) is 4.31. The van der Waals surface area contributed by atoms with E-state index in [1.807, 2.05) is 41.3 Å². The number of imide groups is 1. The molecule has 0 spiro atoms. The Morgan fingerprint density at radius 3 is 2.74 bits per heavy atom. The van der Waals surface area contributed by atoms with Crippen molar-refractivity contribution in [1.82, 2.24) is 14.8 Å². The molecule has 3 atom stereocenters. The van der Waals surface area contributed by atoms with E-state index < -0.39 is 5.41 Å². The summed E-state index contributed by atoms with van der Waals surface area (Å²) in [5, 5.41) is 0. The van der Waals surface area contributed by atoms with E-state index in [2.05, 4.69) is 4.98 Å². The molecule has 34 heavy (non-hydrogen) atoms. The number of likely N-dealkylation sites (tertiary alicyclic amines) is 2. The Morgan fingerprint density at radius 2 is 1.97 bits per heavy atom. The third-order valence-corrected chi connectivity index (χ3v) is 7.59. The Morgan fingerprint density at radius 1 is 1.12 bits per heavy atom. The topological polar surface area (TPSA) is 79.8 Å². The van der Waals surface area contributed by atoms with E-state index in [4.69, 9.17) is 4.74 Å². The Kier molecular flexibility index (Phi) is 6.35. The highest BCUT2D eigenvalue weighted by Gasteiger charge is 2.54. The Bertz CT molecular complexity index is 1040. The van der Waals surface area contributed by atoms with Crippen LogP contribution in [0, 0.1) is 5.92 Å². The van der Waals surface area contributed by atoms with Gasteiger partial charge in [-0.3, -0.25) is 24.3 Å². The molecule has 0 N–H and O–H groups in total. The molecule has 1 aliphatic carbocycles. The summed E-state index contributed by atoms with van der Waals surface area (Å²) < 4.78 is 5.67.